The topological polar surface area (TPSA) is 83.1 Å². The van der Waals surface area contributed by atoms with Crippen molar-refractivity contribution in [2.45, 2.75) is 0 Å². The molecule has 16 heavy (non-hydrogen) atoms. The van der Waals surface area contributed by atoms with Gasteiger partial charge in [0, 0.05) is 14.2 Å². The van der Waals surface area contributed by atoms with Crippen LogP contribution in [0.5, 0.6) is 0 Å². The van der Waals surface area contributed by atoms with E-state index in [4.69, 9.17) is 4.74 Å². The number of nitrogens with one attached hydrogen (secondary N) is 1. The predicted octanol–water partition coefficient (Wildman–Crippen LogP) is -0.451. The molecule has 0 aliphatic rings. The van der Waals surface area contributed by atoms with Gasteiger partial charge in [-0.2, -0.15) is 0 Å². The van der Waals surface area contributed by atoms with E-state index < -0.39 is 12.1 Å². The van der Waals surface area contributed by atoms with Crippen LogP contribution in [-0.4, -0.2) is 59.3 Å². The summed E-state index contributed by atoms with van der Waals surface area (Å²) in [5.41, 5.74) is 0. The van der Waals surface area contributed by atoms with Gasteiger partial charge in [0.25, 0.3) is 0 Å². The van der Waals surface area contributed by atoms with Gasteiger partial charge in [0.15, 0.2) is 0 Å². The lowest BCUT2D eigenvalue weighted by atomic mass is 10.6. The number of amides is 1. The summed E-state index contributed by atoms with van der Waals surface area (Å²) in [6.07, 6.45) is -0.680. The Morgan fingerprint density at radius 2 is 1.50 bits per heavy atom. The fraction of sp³-hybridized carbons (Fsp3) is 0.778. The summed E-state index contributed by atoms with van der Waals surface area (Å²) in [6, 6.07) is 0. The molecule has 0 spiro atoms. The molecule has 1 N–H and O–H groups in total. The Labute approximate surface area is 94.0 Å². The van der Waals surface area contributed by atoms with Crippen LogP contribution < -0.4 is 5.32 Å². The van der Waals surface area contributed by atoms with Crippen LogP contribution in [0, 0.1) is 0 Å². The second-order valence-electron chi connectivity index (χ2n) is 2.70. The number of alkyl carbamates (subject to hydrolysis) is 1. The van der Waals surface area contributed by atoms with Crippen molar-refractivity contribution in [2.24, 2.45) is 0 Å². The van der Waals surface area contributed by atoms with Crippen LogP contribution in [0.2, 0.25) is 0 Å². The van der Waals surface area contributed by atoms with Gasteiger partial charge < -0.3 is 24.3 Å². The van der Waals surface area contributed by atoms with E-state index >= 15 is 0 Å². The van der Waals surface area contributed by atoms with Gasteiger partial charge in [0.05, 0.1) is 13.2 Å². The van der Waals surface area contributed by atoms with Crippen molar-refractivity contribution in [1.82, 2.24) is 5.32 Å². The van der Waals surface area contributed by atoms with Crippen LogP contribution in [0.1, 0.15) is 0 Å². The van der Waals surface area contributed by atoms with Gasteiger partial charge >= 0.3 is 12.1 Å². The third-order valence-electron chi connectivity index (χ3n) is 1.45. The fourth-order valence-corrected chi connectivity index (χ4v) is 0.703. The maximum atomic E-state index is 11.0. The molecule has 0 aliphatic carbocycles. The van der Waals surface area contributed by atoms with E-state index in [1.165, 1.54) is 14.2 Å². The molecule has 1 amide bonds. The summed E-state index contributed by atoms with van der Waals surface area (Å²) in [5.74, 6) is -0.541. The lowest BCUT2D eigenvalue weighted by Crippen LogP contribution is -2.32. The molecular weight excluding hydrogens is 218 g/mol. The number of ether oxygens (including phenoxy) is 4. The maximum absolute atomic E-state index is 11.0. The molecule has 7 nitrogen and oxygen atoms in total. The summed E-state index contributed by atoms with van der Waals surface area (Å²) < 4.78 is 18.7. The van der Waals surface area contributed by atoms with E-state index in [1.807, 2.05) is 0 Å². The first-order valence-electron chi connectivity index (χ1n) is 4.74. The highest BCUT2D eigenvalue weighted by Gasteiger charge is 2.06. The highest BCUT2D eigenvalue weighted by atomic mass is 16.6. The van der Waals surface area contributed by atoms with E-state index in [1.54, 1.807) is 0 Å². The Morgan fingerprint density at radius 3 is 2.06 bits per heavy atom. The highest BCUT2D eigenvalue weighted by Crippen LogP contribution is 1.81. The molecule has 0 radical (unpaired) electrons. The minimum atomic E-state index is -0.680. The van der Waals surface area contributed by atoms with Crippen molar-refractivity contribution in [3.63, 3.8) is 0 Å². The molecule has 0 aromatic rings. The minimum Gasteiger partial charge on any atom is -0.462 e. The Morgan fingerprint density at radius 1 is 0.938 bits per heavy atom. The molecule has 94 valence electrons. The van der Waals surface area contributed by atoms with E-state index in [0.717, 1.165) is 0 Å². The first-order valence-corrected chi connectivity index (χ1v) is 4.74. The number of hydrogen-bond acceptors (Lipinski definition) is 6. The Balaban J connectivity index is 3.40. The van der Waals surface area contributed by atoms with Crippen LogP contribution in [0.15, 0.2) is 0 Å². The molecule has 7 heteroatoms. The maximum Gasteiger partial charge on any atom is 0.407 e. The average Bonchev–Trinajstić information content (AvgIpc) is 2.27. The van der Waals surface area contributed by atoms with Crippen LogP contribution in [0.3, 0.4) is 0 Å². The average molecular weight is 235 g/mol. The molecule has 0 aromatic heterocycles. The van der Waals surface area contributed by atoms with Crippen molar-refractivity contribution in [1.29, 1.82) is 0 Å². The standard InChI is InChI=1S/C9H17NO6/c1-13-3-5-15-8(11)7-10-9(12)16-6-4-14-2/h3-7H2,1-2H3,(H,10,12). The summed E-state index contributed by atoms with van der Waals surface area (Å²) in [4.78, 5) is 21.9. The molecule has 0 heterocycles. The largest absolute Gasteiger partial charge is 0.462 e. The molecule has 0 aliphatic heterocycles. The highest BCUT2D eigenvalue weighted by molar-refractivity contribution is 5.77. The molecule has 0 bridgehead atoms. The second-order valence-corrected chi connectivity index (χ2v) is 2.70. The third-order valence-corrected chi connectivity index (χ3v) is 1.45. The van der Waals surface area contributed by atoms with Crippen LogP contribution >= 0.6 is 0 Å². The van der Waals surface area contributed by atoms with Gasteiger partial charge in [-0.3, -0.25) is 4.79 Å². The molecule has 0 atom stereocenters. The molecule has 0 saturated heterocycles. The molecule has 0 saturated carbocycles. The van der Waals surface area contributed by atoms with E-state index in [9.17, 15) is 9.59 Å². The lowest BCUT2D eigenvalue weighted by Gasteiger charge is -2.06. The number of hydrogen-bond donors (Lipinski definition) is 1. The first-order chi connectivity index (χ1) is 7.70. The van der Waals surface area contributed by atoms with Gasteiger partial charge in [-0.05, 0) is 0 Å². The van der Waals surface area contributed by atoms with Crippen LogP contribution in [-0.2, 0) is 23.7 Å². The molecule has 0 rings (SSSR count). The summed E-state index contributed by atoms with van der Waals surface area (Å²) in [7, 11) is 2.99. The SMILES string of the molecule is COCCOC(=O)CNC(=O)OCCOC. The smallest absolute Gasteiger partial charge is 0.407 e. The summed E-state index contributed by atoms with van der Waals surface area (Å²) >= 11 is 0. The number of carbonyl (C=O) groups excluding carboxylic acids is 2. The van der Waals surface area contributed by atoms with Crippen LogP contribution in [0.4, 0.5) is 4.79 Å². The summed E-state index contributed by atoms with van der Waals surface area (Å²) in [6.45, 7) is 0.710. The molecular formula is C9H17NO6. The number of carbonyl (C=O) groups is 2. The van der Waals surface area contributed by atoms with Gasteiger partial charge in [0.2, 0.25) is 0 Å². The second kappa shape index (κ2) is 10.2. The van der Waals surface area contributed by atoms with Gasteiger partial charge in [0.1, 0.15) is 19.8 Å². The van der Waals surface area contributed by atoms with E-state index in [-0.39, 0.29) is 19.8 Å². The zero-order valence-electron chi connectivity index (χ0n) is 9.49. The Kier molecular flexibility index (Phi) is 9.33. The zero-order chi connectivity index (χ0) is 12.2. The van der Waals surface area contributed by atoms with Gasteiger partial charge in [-0.1, -0.05) is 0 Å². The van der Waals surface area contributed by atoms with Crippen LogP contribution in [0.25, 0.3) is 0 Å². The first kappa shape index (κ1) is 14.7. The zero-order valence-corrected chi connectivity index (χ0v) is 9.49. The van der Waals surface area contributed by atoms with E-state index in [2.05, 4.69) is 19.5 Å². The summed E-state index contributed by atoms with van der Waals surface area (Å²) in [5, 5.41) is 2.24. The fourth-order valence-electron chi connectivity index (χ4n) is 0.703. The quantitative estimate of drug-likeness (QED) is 0.453. The van der Waals surface area contributed by atoms with Gasteiger partial charge in [-0.25, -0.2) is 4.79 Å². The van der Waals surface area contributed by atoms with Crippen molar-refractivity contribution in [3.8, 4) is 0 Å². The van der Waals surface area contributed by atoms with E-state index in [0.29, 0.717) is 13.2 Å². The van der Waals surface area contributed by atoms with Gasteiger partial charge in [-0.15, -0.1) is 0 Å². The third kappa shape index (κ3) is 9.22. The predicted molar refractivity (Wildman–Crippen MR) is 54.1 cm³/mol. The monoisotopic (exact) mass is 235 g/mol. The Bertz CT molecular complexity index is 186. The number of esters is 1. The molecule has 0 fully saturated rings. The minimum absolute atomic E-state index is 0.140. The van der Waals surface area contributed by atoms with Crippen molar-refractivity contribution < 1.29 is 28.5 Å². The number of methoxy groups -OCH3 is 2. The number of rotatable bonds is 8. The molecule has 0 unspecified atom stereocenters. The lowest BCUT2D eigenvalue weighted by molar-refractivity contribution is -0.143. The van der Waals surface area contributed by atoms with Crippen molar-refractivity contribution in [3.05, 3.63) is 0 Å². The normalized spacial score (nSPS) is 9.62. The Hall–Kier alpha value is -1.34. The molecule has 0 aromatic carbocycles. The van der Waals surface area contributed by atoms with Crippen molar-refractivity contribution in [2.75, 3.05) is 47.2 Å². The van der Waals surface area contributed by atoms with Crippen molar-refractivity contribution >= 4 is 12.1 Å².